The van der Waals surface area contributed by atoms with Gasteiger partial charge < -0.3 is 11.5 Å². The predicted molar refractivity (Wildman–Crippen MR) is 58.5 cm³/mol. The molecule has 0 spiro atoms. The van der Waals surface area contributed by atoms with Crippen molar-refractivity contribution in [3.63, 3.8) is 0 Å². The van der Waals surface area contributed by atoms with Crippen LogP contribution in [0.15, 0.2) is 0 Å². The number of hydrogen-bond acceptors (Lipinski definition) is 4. The Labute approximate surface area is 78.9 Å². The zero-order valence-corrected chi connectivity index (χ0v) is 8.47. The fourth-order valence-corrected chi connectivity index (χ4v) is 2.66. The summed E-state index contributed by atoms with van der Waals surface area (Å²) in [5.41, 5.74) is 10.5. The SMILES string of the molecule is NC(=S)CSSCC(N)=S. The average Bonchev–Trinajstić information content (AvgIpc) is 1.79. The first kappa shape index (κ1) is 10.5. The number of nitrogens with two attached hydrogens (primary N) is 2. The van der Waals surface area contributed by atoms with Crippen molar-refractivity contribution in [2.24, 2.45) is 11.5 Å². The molecule has 0 unspecified atom stereocenters. The smallest absolute Gasteiger partial charge is 0.0836 e. The van der Waals surface area contributed by atoms with Gasteiger partial charge in [-0.2, -0.15) is 0 Å². The van der Waals surface area contributed by atoms with Gasteiger partial charge in [-0.05, 0) is 0 Å². The molecule has 0 aromatic rings. The average molecular weight is 212 g/mol. The van der Waals surface area contributed by atoms with E-state index in [4.69, 9.17) is 11.5 Å². The monoisotopic (exact) mass is 212 g/mol. The molecule has 0 heterocycles. The minimum Gasteiger partial charge on any atom is -0.393 e. The van der Waals surface area contributed by atoms with E-state index in [0.29, 0.717) is 21.5 Å². The van der Waals surface area contributed by atoms with Gasteiger partial charge in [0, 0.05) is 0 Å². The zero-order valence-electron chi connectivity index (χ0n) is 5.20. The van der Waals surface area contributed by atoms with Crippen molar-refractivity contribution in [2.75, 3.05) is 11.5 Å². The second-order valence-corrected chi connectivity index (χ2v) is 4.97. The largest absolute Gasteiger partial charge is 0.393 e. The van der Waals surface area contributed by atoms with Gasteiger partial charge in [-0.15, -0.1) is 0 Å². The lowest BCUT2D eigenvalue weighted by molar-refractivity contribution is 1.74. The van der Waals surface area contributed by atoms with Crippen molar-refractivity contribution in [2.45, 2.75) is 0 Å². The van der Waals surface area contributed by atoms with Crippen LogP contribution in [0, 0.1) is 0 Å². The Kier molecular flexibility index (Phi) is 6.50. The van der Waals surface area contributed by atoms with Crippen LogP contribution in [0.5, 0.6) is 0 Å². The lowest BCUT2D eigenvalue weighted by Crippen LogP contribution is -2.11. The van der Waals surface area contributed by atoms with Crippen LogP contribution in [0.4, 0.5) is 0 Å². The van der Waals surface area contributed by atoms with E-state index in [9.17, 15) is 0 Å². The Morgan fingerprint density at radius 1 is 1.00 bits per heavy atom. The van der Waals surface area contributed by atoms with Crippen LogP contribution in [0.2, 0.25) is 0 Å². The third-order valence-electron chi connectivity index (χ3n) is 0.486. The molecule has 6 heteroatoms. The maximum absolute atomic E-state index is 5.24. The zero-order chi connectivity index (χ0) is 7.98. The van der Waals surface area contributed by atoms with Crippen molar-refractivity contribution in [1.29, 1.82) is 0 Å². The van der Waals surface area contributed by atoms with Crippen LogP contribution in [0.25, 0.3) is 0 Å². The molecule has 0 atom stereocenters. The van der Waals surface area contributed by atoms with Crippen molar-refractivity contribution >= 4 is 56.0 Å². The third kappa shape index (κ3) is 8.48. The molecular formula is C4H8N2S4. The second kappa shape index (κ2) is 6.21. The van der Waals surface area contributed by atoms with Gasteiger partial charge in [-0.1, -0.05) is 46.0 Å². The lowest BCUT2D eigenvalue weighted by atomic mass is 10.8. The highest BCUT2D eigenvalue weighted by molar-refractivity contribution is 8.77. The van der Waals surface area contributed by atoms with Crippen LogP contribution in [-0.2, 0) is 0 Å². The second-order valence-electron chi connectivity index (χ2n) is 1.46. The van der Waals surface area contributed by atoms with E-state index < -0.39 is 0 Å². The Morgan fingerprint density at radius 2 is 1.30 bits per heavy atom. The minimum absolute atomic E-state index is 0.514. The molecule has 0 aliphatic rings. The Morgan fingerprint density at radius 3 is 1.50 bits per heavy atom. The normalized spacial score (nSPS) is 9.20. The van der Waals surface area contributed by atoms with E-state index in [-0.39, 0.29) is 0 Å². The van der Waals surface area contributed by atoms with E-state index in [1.54, 1.807) is 21.6 Å². The Hall–Kier alpha value is 0.480. The van der Waals surface area contributed by atoms with Crippen LogP contribution in [-0.4, -0.2) is 21.5 Å². The van der Waals surface area contributed by atoms with Gasteiger partial charge in [0.05, 0.1) is 21.5 Å². The molecule has 0 fully saturated rings. The topological polar surface area (TPSA) is 52.0 Å². The van der Waals surface area contributed by atoms with E-state index in [1.165, 1.54) is 0 Å². The fourth-order valence-electron chi connectivity index (χ4n) is 0.199. The van der Waals surface area contributed by atoms with Gasteiger partial charge in [0.1, 0.15) is 0 Å². The quantitative estimate of drug-likeness (QED) is 0.402. The predicted octanol–water partition coefficient (Wildman–Crippen LogP) is 0.940. The van der Waals surface area contributed by atoms with Crippen molar-refractivity contribution in [1.82, 2.24) is 0 Å². The number of rotatable bonds is 5. The molecule has 0 rings (SSSR count). The van der Waals surface area contributed by atoms with Gasteiger partial charge in [0.2, 0.25) is 0 Å². The van der Waals surface area contributed by atoms with Crippen molar-refractivity contribution in [3.8, 4) is 0 Å². The highest BCUT2D eigenvalue weighted by Crippen LogP contribution is 2.19. The molecule has 10 heavy (non-hydrogen) atoms. The van der Waals surface area contributed by atoms with E-state index in [2.05, 4.69) is 24.4 Å². The summed E-state index contributed by atoms with van der Waals surface area (Å²) in [5, 5.41) is 0. The summed E-state index contributed by atoms with van der Waals surface area (Å²) < 4.78 is 0. The molecule has 58 valence electrons. The van der Waals surface area contributed by atoms with E-state index in [1.807, 2.05) is 0 Å². The minimum atomic E-state index is 0.514. The van der Waals surface area contributed by atoms with Crippen LogP contribution >= 0.6 is 46.0 Å². The summed E-state index contributed by atoms with van der Waals surface area (Å²) in [5.74, 6) is 1.37. The molecule has 0 aromatic heterocycles. The molecule has 0 saturated heterocycles. The van der Waals surface area contributed by atoms with Gasteiger partial charge >= 0.3 is 0 Å². The van der Waals surface area contributed by atoms with Crippen LogP contribution in [0.3, 0.4) is 0 Å². The molecule has 0 amide bonds. The molecule has 4 N–H and O–H groups in total. The molecule has 0 saturated carbocycles. The highest BCUT2D eigenvalue weighted by Gasteiger charge is 1.92. The Bertz CT molecular complexity index is 119. The first-order valence-corrected chi connectivity index (χ1v) is 5.74. The van der Waals surface area contributed by atoms with Gasteiger partial charge in [-0.3, -0.25) is 0 Å². The molecule has 0 aliphatic carbocycles. The van der Waals surface area contributed by atoms with E-state index in [0.717, 1.165) is 0 Å². The summed E-state index contributed by atoms with van der Waals surface area (Å²) in [6, 6.07) is 0. The van der Waals surface area contributed by atoms with Crippen molar-refractivity contribution < 1.29 is 0 Å². The van der Waals surface area contributed by atoms with Gasteiger partial charge in [0.15, 0.2) is 0 Å². The molecule has 0 aliphatic heterocycles. The molecule has 0 aromatic carbocycles. The Balaban J connectivity index is 3.06. The maximum Gasteiger partial charge on any atom is 0.0836 e. The highest BCUT2D eigenvalue weighted by atomic mass is 33.1. The molecule has 0 radical (unpaired) electrons. The van der Waals surface area contributed by atoms with E-state index >= 15 is 0 Å². The summed E-state index contributed by atoms with van der Waals surface area (Å²) >= 11 is 9.31. The summed E-state index contributed by atoms with van der Waals surface area (Å²) in [6.07, 6.45) is 0. The fraction of sp³-hybridized carbons (Fsp3) is 0.500. The number of thiocarbonyl (C=S) groups is 2. The summed E-state index contributed by atoms with van der Waals surface area (Å²) in [7, 11) is 3.15. The molecule has 0 bridgehead atoms. The van der Waals surface area contributed by atoms with Crippen molar-refractivity contribution in [3.05, 3.63) is 0 Å². The van der Waals surface area contributed by atoms with Crippen LogP contribution in [0.1, 0.15) is 0 Å². The van der Waals surface area contributed by atoms with Crippen LogP contribution < -0.4 is 11.5 Å². The summed E-state index contributed by atoms with van der Waals surface area (Å²) in [6.45, 7) is 0. The molecular weight excluding hydrogens is 204 g/mol. The number of hydrogen-bond donors (Lipinski definition) is 2. The van der Waals surface area contributed by atoms with Gasteiger partial charge in [0.25, 0.3) is 0 Å². The third-order valence-corrected chi connectivity index (χ3v) is 3.37. The standard InChI is InChI=1S/C4H8N2S4/c5-3(7)1-9-10-2-4(6)8/h1-2H2,(H2,5,7)(H2,6,8). The lowest BCUT2D eigenvalue weighted by Gasteiger charge is -1.96. The first-order valence-electron chi connectivity index (χ1n) is 2.44. The summed E-state index contributed by atoms with van der Waals surface area (Å²) in [4.78, 5) is 1.03. The first-order chi connectivity index (χ1) is 4.63. The van der Waals surface area contributed by atoms with Gasteiger partial charge in [-0.25, -0.2) is 0 Å². The molecule has 2 nitrogen and oxygen atoms in total. The maximum atomic E-state index is 5.24.